The minimum Gasteiger partial charge on any atom is -0.481 e. The fourth-order valence-corrected chi connectivity index (χ4v) is 4.66. The lowest BCUT2D eigenvalue weighted by Crippen LogP contribution is -2.37. The van der Waals surface area contributed by atoms with E-state index in [0.29, 0.717) is 0 Å². The Bertz CT molecular complexity index is 827. The second kappa shape index (κ2) is 8.05. The SMILES string of the molecule is O=C(NC[C@H](C(=O)O)C1CCCC1)OCC1c2ccccc2-c2ccccc21. The first kappa shape index (κ1) is 18.5. The Morgan fingerprint density at radius 1 is 1.00 bits per heavy atom. The van der Waals surface area contributed by atoms with Gasteiger partial charge in [0.1, 0.15) is 6.61 Å². The van der Waals surface area contributed by atoms with Gasteiger partial charge < -0.3 is 15.2 Å². The van der Waals surface area contributed by atoms with Gasteiger partial charge in [-0.2, -0.15) is 0 Å². The van der Waals surface area contributed by atoms with Gasteiger partial charge in [0.25, 0.3) is 0 Å². The monoisotopic (exact) mass is 379 g/mol. The lowest BCUT2D eigenvalue weighted by Gasteiger charge is -2.20. The Labute approximate surface area is 164 Å². The molecule has 1 atom stereocenters. The molecule has 146 valence electrons. The van der Waals surface area contributed by atoms with Crippen molar-refractivity contribution in [1.29, 1.82) is 0 Å². The number of carboxylic acids is 1. The lowest BCUT2D eigenvalue weighted by molar-refractivity contribution is -0.143. The van der Waals surface area contributed by atoms with Gasteiger partial charge in [0.2, 0.25) is 0 Å². The fourth-order valence-electron chi connectivity index (χ4n) is 4.66. The molecule has 0 radical (unpaired) electrons. The van der Waals surface area contributed by atoms with E-state index in [-0.39, 0.29) is 25.0 Å². The molecule has 0 saturated heterocycles. The van der Waals surface area contributed by atoms with E-state index >= 15 is 0 Å². The minimum atomic E-state index is -0.842. The molecule has 2 aromatic rings. The van der Waals surface area contributed by atoms with Gasteiger partial charge in [-0.15, -0.1) is 0 Å². The average Bonchev–Trinajstić information content (AvgIpc) is 3.33. The summed E-state index contributed by atoms with van der Waals surface area (Å²) in [5.74, 6) is -1.23. The van der Waals surface area contributed by atoms with Gasteiger partial charge in [0.15, 0.2) is 0 Å². The lowest BCUT2D eigenvalue weighted by atomic mass is 9.91. The van der Waals surface area contributed by atoms with Crippen molar-refractivity contribution in [2.75, 3.05) is 13.2 Å². The molecule has 2 aliphatic rings. The highest BCUT2D eigenvalue weighted by Crippen LogP contribution is 2.44. The molecule has 2 aromatic carbocycles. The first-order valence-corrected chi connectivity index (χ1v) is 9.97. The Kier molecular flexibility index (Phi) is 5.33. The summed E-state index contributed by atoms with van der Waals surface area (Å²) in [6, 6.07) is 16.3. The number of hydrogen-bond acceptors (Lipinski definition) is 3. The summed E-state index contributed by atoms with van der Waals surface area (Å²) in [6.07, 6.45) is 3.43. The van der Waals surface area contributed by atoms with Crippen molar-refractivity contribution in [3.8, 4) is 11.1 Å². The maximum absolute atomic E-state index is 12.2. The molecule has 2 aliphatic carbocycles. The van der Waals surface area contributed by atoms with Crippen molar-refractivity contribution in [1.82, 2.24) is 5.32 Å². The average molecular weight is 379 g/mol. The zero-order chi connectivity index (χ0) is 19.5. The second-order valence-corrected chi connectivity index (χ2v) is 7.70. The number of ether oxygens (including phenoxy) is 1. The number of carboxylic acid groups (broad SMARTS) is 1. The zero-order valence-electron chi connectivity index (χ0n) is 15.8. The Hall–Kier alpha value is -2.82. The van der Waals surface area contributed by atoms with E-state index in [2.05, 4.69) is 29.6 Å². The van der Waals surface area contributed by atoms with Crippen LogP contribution < -0.4 is 5.32 Å². The molecule has 0 aromatic heterocycles. The van der Waals surface area contributed by atoms with Crippen LogP contribution in [0.25, 0.3) is 11.1 Å². The van der Waals surface area contributed by atoms with Crippen LogP contribution in [-0.2, 0) is 9.53 Å². The normalized spacial score (nSPS) is 17.0. The van der Waals surface area contributed by atoms with Crippen LogP contribution in [0.15, 0.2) is 48.5 Å². The molecule has 0 heterocycles. The van der Waals surface area contributed by atoms with E-state index in [1.54, 1.807) is 0 Å². The molecule has 2 N–H and O–H groups in total. The van der Waals surface area contributed by atoms with Crippen LogP contribution in [-0.4, -0.2) is 30.3 Å². The maximum atomic E-state index is 12.2. The van der Waals surface area contributed by atoms with Gasteiger partial charge >= 0.3 is 12.1 Å². The standard InChI is InChI=1S/C23H25NO4/c25-22(26)20(15-7-1-2-8-15)13-24-23(27)28-14-21-18-11-5-3-9-16(18)17-10-4-6-12-19(17)21/h3-6,9-12,15,20-21H,1-2,7-8,13-14H2,(H,24,27)(H,25,26)/t20-/m0/s1. The highest BCUT2D eigenvalue weighted by atomic mass is 16.5. The molecule has 1 saturated carbocycles. The van der Waals surface area contributed by atoms with Gasteiger partial charge in [-0.3, -0.25) is 4.79 Å². The number of carbonyl (C=O) groups is 2. The highest BCUT2D eigenvalue weighted by molar-refractivity contribution is 5.79. The van der Waals surface area contributed by atoms with Gasteiger partial charge in [-0.25, -0.2) is 4.79 Å². The van der Waals surface area contributed by atoms with Crippen LogP contribution in [0.4, 0.5) is 4.79 Å². The molecule has 0 unspecified atom stereocenters. The van der Waals surface area contributed by atoms with E-state index in [0.717, 1.165) is 36.8 Å². The largest absolute Gasteiger partial charge is 0.481 e. The molecule has 0 bridgehead atoms. The summed E-state index contributed by atoms with van der Waals surface area (Å²) in [7, 11) is 0. The summed E-state index contributed by atoms with van der Waals surface area (Å²) in [6.45, 7) is 0.359. The Morgan fingerprint density at radius 2 is 1.57 bits per heavy atom. The number of rotatable bonds is 6. The van der Waals surface area contributed by atoms with E-state index in [9.17, 15) is 14.7 Å². The second-order valence-electron chi connectivity index (χ2n) is 7.70. The number of benzene rings is 2. The smallest absolute Gasteiger partial charge is 0.407 e. The van der Waals surface area contributed by atoms with Crippen LogP contribution in [0.2, 0.25) is 0 Å². The molecule has 28 heavy (non-hydrogen) atoms. The number of amides is 1. The zero-order valence-corrected chi connectivity index (χ0v) is 15.8. The maximum Gasteiger partial charge on any atom is 0.407 e. The van der Waals surface area contributed by atoms with Gasteiger partial charge in [0, 0.05) is 12.5 Å². The molecular weight excluding hydrogens is 354 g/mol. The number of aliphatic carboxylic acids is 1. The molecule has 0 aliphatic heterocycles. The Balaban J connectivity index is 1.38. The number of nitrogens with one attached hydrogen (secondary N) is 1. The number of alkyl carbamates (subject to hydrolysis) is 1. The molecule has 1 fully saturated rings. The van der Waals surface area contributed by atoms with E-state index in [1.807, 2.05) is 24.3 Å². The number of carbonyl (C=O) groups excluding carboxylic acids is 1. The van der Waals surface area contributed by atoms with Gasteiger partial charge in [-0.05, 0) is 41.0 Å². The fraction of sp³-hybridized carbons (Fsp3) is 0.391. The highest BCUT2D eigenvalue weighted by Gasteiger charge is 2.32. The molecule has 5 nitrogen and oxygen atoms in total. The first-order chi connectivity index (χ1) is 13.6. The Morgan fingerprint density at radius 3 is 2.14 bits per heavy atom. The predicted molar refractivity (Wildman–Crippen MR) is 106 cm³/mol. The third kappa shape index (κ3) is 3.61. The van der Waals surface area contributed by atoms with Crippen LogP contribution in [0.3, 0.4) is 0 Å². The van der Waals surface area contributed by atoms with Crippen molar-refractivity contribution >= 4 is 12.1 Å². The van der Waals surface area contributed by atoms with E-state index in [1.165, 1.54) is 11.1 Å². The topological polar surface area (TPSA) is 75.6 Å². The van der Waals surface area contributed by atoms with Crippen molar-refractivity contribution in [2.45, 2.75) is 31.6 Å². The van der Waals surface area contributed by atoms with Crippen molar-refractivity contribution in [3.63, 3.8) is 0 Å². The van der Waals surface area contributed by atoms with Gasteiger partial charge in [0.05, 0.1) is 5.92 Å². The number of fused-ring (bicyclic) bond motifs is 3. The molecule has 1 amide bonds. The molecular formula is C23H25NO4. The van der Waals surface area contributed by atoms with Gasteiger partial charge in [-0.1, -0.05) is 61.4 Å². The van der Waals surface area contributed by atoms with E-state index in [4.69, 9.17) is 4.74 Å². The molecule has 5 heteroatoms. The molecule has 0 spiro atoms. The van der Waals surface area contributed by atoms with Crippen molar-refractivity contribution in [3.05, 3.63) is 59.7 Å². The quantitative estimate of drug-likeness (QED) is 0.779. The van der Waals surface area contributed by atoms with Crippen molar-refractivity contribution in [2.24, 2.45) is 11.8 Å². The van der Waals surface area contributed by atoms with Crippen LogP contribution >= 0.6 is 0 Å². The summed E-state index contributed by atoms with van der Waals surface area (Å²) < 4.78 is 5.49. The summed E-state index contributed by atoms with van der Waals surface area (Å²) >= 11 is 0. The number of hydrogen-bond donors (Lipinski definition) is 2. The van der Waals surface area contributed by atoms with Crippen LogP contribution in [0, 0.1) is 11.8 Å². The third-order valence-electron chi connectivity index (χ3n) is 6.10. The summed E-state index contributed by atoms with van der Waals surface area (Å²) in [5, 5.41) is 12.1. The summed E-state index contributed by atoms with van der Waals surface area (Å²) in [4.78, 5) is 23.8. The summed E-state index contributed by atoms with van der Waals surface area (Å²) in [5.41, 5.74) is 4.68. The van der Waals surface area contributed by atoms with Crippen LogP contribution in [0.5, 0.6) is 0 Å². The first-order valence-electron chi connectivity index (χ1n) is 9.97. The van der Waals surface area contributed by atoms with E-state index < -0.39 is 18.0 Å². The third-order valence-corrected chi connectivity index (χ3v) is 6.10. The molecule has 4 rings (SSSR count). The predicted octanol–water partition coefficient (Wildman–Crippen LogP) is 4.42. The minimum absolute atomic E-state index is 0.00301. The van der Waals surface area contributed by atoms with Crippen LogP contribution in [0.1, 0.15) is 42.7 Å². The van der Waals surface area contributed by atoms with Crippen molar-refractivity contribution < 1.29 is 19.4 Å².